The standard InChI is InChI=1S/C23H25N3O3/c1-22-9-6-16(12-18(22)21(28)25-13-15-7-10-24-11-8-15)23(14-22)26-20(27)17-4-2-3-5-19(17)29-23/h2-5,7-8,10-11,16,18H,6,9,12-14H2,1H3,(H,25,28)(H,26,27)/t16-,18-,22-,23-/m0/s1. The Morgan fingerprint density at radius 2 is 2.07 bits per heavy atom. The monoisotopic (exact) mass is 391 g/mol. The van der Waals surface area contributed by atoms with Gasteiger partial charge in [-0.15, -0.1) is 0 Å². The fourth-order valence-electron chi connectivity index (χ4n) is 5.47. The Morgan fingerprint density at radius 1 is 1.28 bits per heavy atom. The van der Waals surface area contributed by atoms with Crippen LogP contribution in [0, 0.1) is 17.3 Å². The van der Waals surface area contributed by atoms with Crippen molar-refractivity contribution in [3.05, 3.63) is 59.9 Å². The van der Waals surface area contributed by atoms with Gasteiger partial charge in [-0.3, -0.25) is 14.6 Å². The average molecular weight is 391 g/mol. The lowest BCUT2D eigenvalue weighted by Crippen LogP contribution is -2.69. The molecule has 6 nitrogen and oxygen atoms in total. The molecule has 2 N–H and O–H groups in total. The lowest BCUT2D eigenvalue weighted by atomic mass is 9.52. The molecule has 150 valence electrons. The molecule has 2 heterocycles. The number of hydrogen-bond acceptors (Lipinski definition) is 4. The predicted octanol–water partition coefficient (Wildman–Crippen LogP) is 3.04. The smallest absolute Gasteiger partial charge is 0.258 e. The highest BCUT2D eigenvalue weighted by Crippen LogP contribution is 2.58. The molecule has 2 aromatic rings. The van der Waals surface area contributed by atoms with Gasteiger partial charge in [0.1, 0.15) is 5.75 Å². The number of amides is 2. The number of nitrogens with one attached hydrogen (secondary N) is 2. The van der Waals surface area contributed by atoms with Gasteiger partial charge in [-0.1, -0.05) is 19.1 Å². The second-order valence-corrected chi connectivity index (χ2v) is 8.87. The zero-order valence-corrected chi connectivity index (χ0v) is 16.5. The van der Waals surface area contributed by atoms with Crippen LogP contribution in [-0.4, -0.2) is 22.5 Å². The highest BCUT2D eigenvalue weighted by Gasteiger charge is 2.61. The molecule has 4 aliphatic rings. The van der Waals surface area contributed by atoms with E-state index in [1.165, 1.54) is 0 Å². The molecule has 6 rings (SSSR count). The van der Waals surface area contributed by atoms with Gasteiger partial charge >= 0.3 is 0 Å². The van der Waals surface area contributed by atoms with Crippen molar-refractivity contribution < 1.29 is 14.3 Å². The third-order valence-corrected chi connectivity index (χ3v) is 7.03. The summed E-state index contributed by atoms with van der Waals surface area (Å²) in [4.78, 5) is 29.8. The van der Waals surface area contributed by atoms with E-state index in [2.05, 4.69) is 22.5 Å². The minimum Gasteiger partial charge on any atom is -0.467 e. The minimum absolute atomic E-state index is 0.0774. The molecule has 2 amide bonds. The molecule has 1 aromatic heterocycles. The number of ether oxygens (including phenoxy) is 1. The number of para-hydroxylation sites is 1. The first-order valence-corrected chi connectivity index (χ1v) is 10.3. The molecule has 0 saturated heterocycles. The molecular formula is C23H25N3O3. The van der Waals surface area contributed by atoms with Crippen molar-refractivity contribution in [1.82, 2.24) is 15.6 Å². The lowest BCUT2D eigenvalue weighted by molar-refractivity contribution is -0.167. The number of carbonyl (C=O) groups excluding carboxylic acids is 2. The largest absolute Gasteiger partial charge is 0.467 e. The van der Waals surface area contributed by atoms with Crippen molar-refractivity contribution in [1.29, 1.82) is 0 Å². The molecule has 0 radical (unpaired) electrons. The third-order valence-electron chi connectivity index (χ3n) is 7.03. The maximum Gasteiger partial charge on any atom is 0.258 e. The second kappa shape index (κ2) is 6.58. The summed E-state index contributed by atoms with van der Waals surface area (Å²) >= 11 is 0. The molecule has 1 aromatic carbocycles. The molecular weight excluding hydrogens is 366 g/mol. The third kappa shape index (κ3) is 2.98. The van der Waals surface area contributed by atoms with Crippen LogP contribution in [0.3, 0.4) is 0 Å². The Morgan fingerprint density at radius 3 is 2.86 bits per heavy atom. The maximum absolute atomic E-state index is 13.0. The summed E-state index contributed by atoms with van der Waals surface area (Å²) in [5, 5.41) is 6.26. The van der Waals surface area contributed by atoms with Gasteiger partial charge in [0.2, 0.25) is 5.91 Å². The van der Waals surface area contributed by atoms with E-state index < -0.39 is 5.72 Å². The van der Waals surface area contributed by atoms with E-state index >= 15 is 0 Å². The summed E-state index contributed by atoms with van der Waals surface area (Å²) in [7, 11) is 0. The zero-order chi connectivity index (χ0) is 20.1. The van der Waals surface area contributed by atoms with Crippen LogP contribution >= 0.6 is 0 Å². The summed E-state index contributed by atoms with van der Waals surface area (Å²) in [5.41, 5.74) is 0.698. The van der Waals surface area contributed by atoms with Gasteiger partial charge in [0.05, 0.1) is 5.56 Å². The molecule has 3 fully saturated rings. The fourth-order valence-corrected chi connectivity index (χ4v) is 5.47. The first kappa shape index (κ1) is 18.2. The van der Waals surface area contributed by atoms with Gasteiger partial charge in [-0.2, -0.15) is 0 Å². The fraction of sp³-hybridized carbons (Fsp3) is 0.435. The summed E-state index contributed by atoms with van der Waals surface area (Å²) in [5.74, 6) is 0.698. The maximum atomic E-state index is 13.0. The first-order valence-electron chi connectivity index (χ1n) is 10.3. The normalized spacial score (nSPS) is 32.2. The van der Waals surface area contributed by atoms with E-state index in [-0.39, 0.29) is 29.1 Å². The molecule has 29 heavy (non-hydrogen) atoms. The lowest BCUT2D eigenvalue weighted by Gasteiger charge is -2.59. The molecule has 2 bridgehead atoms. The topological polar surface area (TPSA) is 80.3 Å². The van der Waals surface area contributed by atoms with Crippen molar-refractivity contribution in [2.45, 2.75) is 44.9 Å². The van der Waals surface area contributed by atoms with Crippen LogP contribution in [0.5, 0.6) is 5.75 Å². The quantitative estimate of drug-likeness (QED) is 0.843. The number of hydrogen-bond donors (Lipinski definition) is 2. The molecule has 1 spiro atoms. The van der Waals surface area contributed by atoms with Gasteiger partial charge in [0, 0.05) is 37.2 Å². The van der Waals surface area contributed by atoms with Crippen molar-refractivity contribution in [2.75, 3.05) is 0 Å². The highest BCUT2D eigenvalue weighted by atomic mass is 16.5. The van der Waals surface area contributed by atoms with E-state index in [4.69, 9.17) is 4.74 Å². The van der Waals surface area contributed by atoms with Gasteiger partial charge in [-0.25, -0.2) is 0 Å². The number of carbonyl (C=O) groups is 2. The van der Waals surface area contributed by atoms with Gasteiger partial charge in [0.15, 0.2) is 5.72 Å². The first-order chi connectivity index (χ1) is 14.0. The molecule has 3 aliphatic carbocycles. The highest BCUT2D eigenvalue weighted by molar-refractivity contribution is 5.98. The number of pyridine rings is 1. The second-order valence-electron chi connectivity index (χ2n) is 8.87. The Balaban J connectivity index is 1.35. The molecule has 3 saturated carbocycles. The van der Waals surface area contributed by atoms with E-state index in [9.17, 15) is 9.59 Å². The van der Waals surface area contributed by atoms with Crippen molar-refractivity contribution in [3.8, 4) is 5.75 Å². The molecule has 1 aliphatic heterocycles. The zero-order valence-electron chi connectivity index (χ0n) is 16.5. The minimum atomic E-state index is -0.708. The van der Waals surface area contributed by atoms with E-state index in [0.717, 1.165) is 24.8 Å². The van der Waals surface area contributed by atoms with Crippen LogP contribution in [-0.2, 0) is 11.3 Å². The van der Waals surface area contributed by atoms with Crippen LogP contribution in [0.25, 0.3) is 0 Å². The SMILES string of the molecule is C[C@@]12CC[C@@H](C[C@H]1C(=O)NCc1ccncc1)[C@@]1(C2)NC(=O)c2ccccc2O1. The number of aromatic nitrogens is 1. The number of nitrogens with zero attached hydrogens (tertiary/aromatic N) is 1. The average Bonchev–Trinajstić information content (AvgIpc) is 2.72. The summed E-state index contributed by atoms with van der Waals surface area (Å²) < 4.78 is 6.42. The number of fused-ring (bicyclic) bond motifs is 3. The molecule has 0 unspecified atom stereocenters. The van der Waals surface area contributed by atoms with E-state index in [1.807, 2.05) is 30.3 Å². The van der Waals surface area contributed by atoms with Crippen molar-refractivity contribution >= 4 is 11.8 Å². The number of benzene rings is 1. The summed E-state index contributed by atoms with van der Waals surface area (Å²) in [6.45, 7) is 2.67. The van der Waals surface area contributed by atoms with E-state index in [0.29, 0.717) is 24.3 Å². The van der Waals surface area contributed by atoms with Crippen molar-refractivity contribution in [3.63, 3.8) is 0 Å². The Kier molecular flexibility index (Phi) is 4.12. The van der Waals surface area contributed by atoms with Crippen LogP contribution in [0.1, 0.15) is 48.5 Å². The van der Waals surface area contributed by atoms with Gasteiger partial charge in [0.25, 0.3) is 5.91 Å². The molecule has 6 heteroatoms. The van der Waals surface area contributed by atoms with Crippen LogP contribution in [0.2, 0.25) is 0 Å². The van der Waals surface area contributed by atoms with Crippen molar-refractivity contribution in [2.24, 2.45) is 17.3 Å². The Labute approximate surface area is 170 Å². The van der Waals surface area contributed by atoms with Crippen LogP contribution in [0.4, 0.5) is 0 Å². The molecule has 4 atom stereocenters. The number of rotatable bonds is 3. The summed E-state index contributed by atoms with van der Waals surface area (Å²) in [6, 6.07) is 11.2. The Bertz CT molecular complexity index is 963. The van der Waals surface area contributed by atoms with E-state index in [1.54, 1.807) is 18.5 Å². The van der Waals surface area contributed by atoms with Crippen LogP contribution in [0.15, 0.2) is 48.8 Å². The van der Waals surface area contributed by atoms with Gasteiger partial charge < -0.3 is 15.4 Å². The summed E-state index contributed by atoms with van der Waals surface area (Å²) in [6.07, 6.45) is 6.76. The van der Waals surface area contributed by atoms with Gasteiger partial charge in [-0.05, 0) is 54.5 Å². The van der Waals surface area contributed by atoms with Crippen LogP contribution < -0.4 is 15.4 Å². The Hall–Kier alpha value is -2.89. The predicted molar refractivity (Wildman–Crippen MR) is 107 cm³/mol.